The molecule has 0 atom stereocenters. The normalized spacial score (nSPS) is 10.8. The Morgan fingerprint density at radius 2 is 2.00 bits per heavy atom. The summed E-state index contributed by atoms with van der Waals surface area (Å²) in [7, 11) is 4.07. The fourth-order valence-corrected chi connectivity index (χ4v) is 2.29. The lowest BCUT2D eigenvalue weighted by Gasteiger charge is -2.22. The van der Waals surface area contributed by atoms with Crippen molar-refractivity contribution < 1.29 is 4.79 Å². The Labute approximate surface area is 128 Å². The number of hydrogen-bond donors (Lipinski definition) is 0. The Morgan fingerprint density at radius 1 is 1.32 bits per heavy atom. The van der Waals surface area contributed by atoms with Gasteiger partial charge >= 0.3 is 0 Å². The maximum absolute atomic E-state index is 12.4. The predicted octanol–water partition coefficient (Wildman–Crippen LogP) is 3.52. The van der Waals surface area contributed by atoms with Crippen molar-refractivity contribution in [3.05, 3.63) is 33.3 Å². The number of carbonyl (C=O) groups excluding carboxylic acids is 1. The summed E-state index contributed by atoms with van der Waals surface area (Å²) in [5, 5.41) is 0.618. The van der Waals surface area contributed by atoms with E-state index in [-0.39, 0.29) is 5.91 Å². The number of halogens is 2. The van der Waals surface area contributed by atoms with Gasteiger partial charge in [0.25, 0.3) is 5.91 Å². The number of benzene rings is 1. The molecular formula is C14H20BrClN2O. The smallest absolute Gasteiger partial charge is 0.253 e. The van der Waals surface area contributed by atoms with Crippen molar-refractivity contribution in [3.63, 3.8) is 0 Å². The van der Waals surface area contributed by atoms with Crippen molar-refractivity contribution in [2.45, 2.75) is 13.3 Å². The summed E-state index contributed by atoms with van der Waals surface area (Å²) in [6.45, 7) is 4.47. The molecule has 1 amide bonds. The van der Waals surface area contributed by atoms with Crippen LogP contribution in [0.25, 0.3) is 0 Å². The fourth-order valence-electron chi connectivity index (χ4n) is 1.79. The van der Waals surface area contributed by atoms with E-state index in [0.717, 1.165) is 24.0 Å². The zero-order valence-electron chi connectivity index (χ0n) is 11.6. The van der Waals surface area contributed by atoms with Crippen LogP contribution >= 0.6 is 27.5 Å². The van der Waals surface area contributed by atoms with Gasteiger partial charge in [-0.15, -0.1) is 0 Å². The minimum Gasteiger partial charge on any atom is -0.339 e. The molecule has 1 aromatic carbocycles. The van der Waals surface area contributed by atoms with Crippen LogP contribution in [0.5, 0.6) is 0 Å². The molecule has 0 saturated heterocycles. The van der Waals surface area contributed by atoms with E-state index in [0.29, 0.717) is 17.1 Å². The molecule has 0 unspecified atom stereocenters. The van der Waals surface area contributed by atoms with Crippen LogP contribution in [-0.4, -0.2) is 49.4 Å². The lowest BCUT2D eigenvalue weighted by atomic mass is 10.2. The van der Waals surface area contributed by atoms with Crippen LogP contribution in [0.2, 0.25) is 5.02 Å². The van der Waals surface area contributed by atoms with E-state index >= 15 is 0 Å². The Balaban J connectivity index is 2.69. The SMILES string of the molecule is CCN(CCCN(C)C)C(=O)c1ccc(Cl)c(Br)c1. The molecule has 0 aliphatic heterocycles. The van der Waals surface area contributed by atoms with Gasteiger partial charge in [-0.05, 0) is 68.1 Å². The Bertz CT molecular complexity index is 437. The molecule has 0 aliphatic carbocycles. The molecule has 0 bridgehead atoms. The molecular weight excluding hydrogens is 328 g/mol. The topological polar surface area (TPSA) is 23.6 Å². The average molecular weight is 348 g/mol. The van der Waals surface area contributed by atoms with Gasteiger partial charge in [0.2, 0.25) is 0 Å². The molecule has 0 spiro atoms. The molecule has 1 aromatic rings. The van der Waals surface area contributed by atoms with Crippen molar-refractivity contribution in [1.29, 1.82) is 0 Å². The van der Waals surface area contributed by atoms with Gasteiger partial charge in [0.05, 0.1) is 5.02 Å². The molecule has 0 aliphatic rings. The van der Waals surface area contributed by atoms with Gasteiger partial charge in [0.15, 0.2) is 0 Å². The third-order valence-corrected chi connectivity index (χ3v) is 4.08. The molecule has 0 saturated carbocycles. The van der Waals surface area contributed by atoms with E-state index in [4.69, 9.17) is 11.6 Å². The summed E-state index contributed by atoms with van der Waals surface area (Å²) < 4.78 is 0.754. The highest BCUT2D eigenvalue weighted by Gasteiger charge is 2.14. The summed E-state index contributed by atoms with van der Waals surface area (Å²) in [6, 6.07) is 5.29. The third kappa shape index (κ3) is 5.13. The van der Waals surface area contributed by atoms with Crippen LogP contribution in [0.4, 0.5) is 0 Å². The highest BCUT2D eigenvalue weighted by molar-refractivity contribution is 9.10. The van der Waals surface area contributed by atoms with E-state index in [1.165, 1.54) is 0 Å². The number of carbonyl (C=O) groups is 1. The number of hydrogen-bond acceptors (Lipinski definition) is 2. The molecule has 0 fully saturated rings. The minimum absolute atomic E-state index is 0.0543. The van der Waals surface area contributed by atoms with Gasteiger partial charge in [-0.3, -0.25) is 4.79 Å². The number of rotatable bonds is 6. The van der Waals surface area contributed by atoms with E-state index < -0.39 is 0 Å². The Hall–Kier alpha value is -0.580. The van der Waals surface area contributed by atoms with Gasteiger partial charge in [-0.25, -0.2) is 0 Å². The van der Waals surface area contributed by atoms with Gasteiger partial charge < -0.3 is 9.80 Å². The van der Waals surface area contributed by atoms with Gasteiger partial charge in [0.1, 0.15) is 0 Å². The van der Waals surface area contributed by atoms with Gasteiger partial charge in [-0.2, -0.15) is 0 Å². The van der Waals surface area contributed by atoms with E-state index in [1.54, 1.807) is 18.2 Å². The maximum Gasteiger partial charge on any atom is 0.253 e. The van der Waals surface area contributed by atoms with Crippen molar-refractivity contribution in [2.75, 3.05) is 33.7 Å². The zero-order chi connectivity index (χ0) is 14.4. The predicted molar refractivity (Wildman–Crippen MR) is 83.9 cm³/mol. The molecule has 0 aromatic heterocycles. The first-order valence-corrected chi connectivity index (χ1v) is 7.51. The quantitative estimate of drug-likeness (QED) is 0.786. The highest BCUT2D eigenvalue weighted by atomic mass is 79.9. The maximum atomic E-state index is 12.4. The second-order valence-corrected chi connectivity index (χ2v) is 5.93. The van der Waals surface area contributed by atoms with Gasteiger partial charge in [-0.1, -0.05) is 11.6 Å². The summed E-state index contributed by atoms with van der Waals surface area (Å²) in [6.07, 6.45) is 0.974. The lowest BCUT2D eigenvalue weighted by molar-refractivity contribution is 0.0759. The van der Waals surface area contributed by atoms with Crippen LogP contribution < -0.4 is 0 Å². The van der Waals surface area contributed by atoms with E-state index in [1.807, 2.05) is 25.9 Å². The summed E-state index contributed by atoms with van der Waals surface area (Å²) in [5.74, 6) is 0.0543. The van der Waals surface area contributed by atoms with Gasteiger partial charge in [0, 0.05) is 23.1 Å². The van der Waals surface area contributed by atoms with Crippen molar-refractivity contribution in [3.8, 4) is 0 Å². The minimum atomic E-state index is 0.0543. The first-order valence-electron chi connectivity index (χ1n) is 6.34. The molecule has 0 heterocycles. The second-order valence-electron chi connectivity index (χ2n) is 4.67. The monoisotopic (exact) mass is 346 g/mol. The summed E-state index contributed by atoms with van der Waals surface area (Å²) in [4.78, 5) is 16.3. The molecule has 0 N–H and O–H groups in total. The first-order chi connectivity index (χ1) is 8.95. The third-order valence-electron chi connectivity index (χ3n) is 2.87. The molecule has 106 valence electrons. The van der Waals surface area contributed by atoms with E-state index in [2.05, 4.69) is 20.8 Å². The average Bonchev–Trinajstić information content (AvgIpc) is 2.37. The van der Waals surface area contributed by atoms with Crippen LogP contribution in [0.1, 0.15) is 23.7 Å². The van der Waals surface area contributed by atoms with Crippen molar-refractivity contribution in [1.82, 2.24) is 9.80 Å². The van der Waals surface area contributed by atoms with Crippen molar-refractivity contribution >= 4 is 33.4 Å². The summed E-state index contributed by atoms with van der Waals surface area (Å²) in [5.41, 5.74) is 0.669. The standard InChI is InChI=1S/C14H20BrClN2O/c1-4-18(9-5-8-17(2)3)14(19)11-6-7-13(16)12(15)10-11/h6-7,10H,4-5,8-9H2,1-3H3. The Morgan fingerprint density at radius 3 is 2.53 bits per heavy atom. The number of amides is 1. The zero-order valence-corrected chi connectivity index (χ0v) is 14.0. The van der Waals surface area contributed by atoms with Crippen LogP contribution in [0.3, 0.4) is 0 Å². The molecule has 1 rings (SSSR count). The van der Waals surface area contributed by atoms with Crippen LogP contribution in [-0.2, 0) is 0 Å². The Kier molecular flexibility index (Phi) is 6.83. The lowest BCUT2D eigenvalue weighted by Crippen LogP contribution is -2.33. The largest absolute Gasteiger partial charge is 0.339 e. The molecule has 3 nitrogen and oxygen atoms in total. The summed E-state index contributed by atoms with van der Waals surface area (Å²) >= 11 is 9.29. The van der Waals surface area contributed by atoms with Crippen LogP contribution in [0.15, 0.2) is 22.7 Å². The van der Waals surface area contributed by atoms with E-state index in [9.17, 15) is 4.79 Å². The first kappa shape index (κ1) is 16.5. The number of nitrogens with zero attached hydrogens (tertiary/aromatic N) is 2. The van der Waals surface area contributed by atoms with Crippen molar-refractivity contribution in [2.24, 2.45) is 0 Å². The molecule has 5 heteroatoms. The molecule has 0 radical (unpaired) electrons. The molecule has 19 heavy (non-hydrogen) atoms. The highest BCUT2D eigenvalue weighted by Crippen LogP contribution is 2.23. The van der Waals surface area contributed by atoms with Crippen LogP contribution in [0, 0.1) is 0 Å². The fraction of sp³-hybridized carbons (Fsp3) is 0.500. The second kappa shape index (κ2) is 7.88.